The molecule has 178 valence electrons. The molecule has 7 nitrogen and oxygen atoms in total. The molecule has 0 aliphatic carbocycles. The summed E-state index contributed by atoms with van der Waals surface area (Å²) in [6.45, 7) is 3.10. The number of aromatic amines is 1. The average molecular weight is 498 g/mol. The second-order valence-electron chi connectivity index (χ2n) is 7.33. The maximum Gasteiger partial charge on any atom is 0.387 e. The van der Waals surface area contributed by atoms with Crippen LogP contribution in [0.4, 0.5) is 8.78 Å². The fraction of sp³-hybridized carbons (Fsp3) is 0.409. The Morgan fingerprint density at radius 3 is 2.76 bits per heavy atom. The second kappa shape index (κ2) is 11.0. The van der Waals surface area contributed by atoms with Gasteiger partial charge in [0.2, 0.25) is 5.91 Å². The smallest absolute Gasteiger partial charge is 0.387 e. The van der Waals surface area contributed by atoms with Crippen molar-refractivity contribution in [3.8, 4) is 11.5 Å². The number of carbonyl (C=O) groups excluding carboxylic acids is 1. The van der Waals surface area contributed by atoms with Crippen LogP contribution in [0, 0.1) is 13.8 Å². The van der Waals surface area contributed by atoms with Gasteiger partial charge < -0.3 is 19.8 Å². The highest BCUT2D eigenvalue weighted by Crippen LogP contribution is 2.29. The van der Waals surface area contributed by atoms with Gasteiger partial charge >= 0.3 is 6.61 Å². The number of halogens is 2. The number of alkyl halides is 2. The number of carbonyl (C=O) groups is 1. The molecule has 0 bridgehead atoms. The van der Waals surface area contributed by atoms with E-state index >= 15 is 0 Å². The first kappa shape index (κ1) is 25.0. The minimum atomic E-state index is -2.93. The summed E-state index contributed by atoms with van der Waals surface area (Å²) in [6, 6.07) is 4.67. The first-order valence-electron chi connectivity index (χ1n) is 10.2. The van der Waals surface area contributed by atoms with Crippen LogP contribution in [0.1, 0.15) is 28.8 Å². The van der Waals surface area contributed by atoms with Crippen molar-refractivity contribution in [3.63, 3.8) is 0 Å². The number of H-pyrrole nitrogens is 1. The summed E-state index contributed by atoms with van der Waals surface area (Å²) in [7, 11) is 1.37. The third-order valence-electron chi connectivity index (χ3n) is 5.08. The summed E-state index contributed by atoms with van der Waals surface area (Å²) in [5.41, 5.74) is 1.60. The van der Waals surface area contributed by atoms with E-state index in [0.717, 1.165) is 16.0 Å². The molecule has 0 saturated carbocycles. The Morgan fingerprint density at radius 2 is 2.06 bits per heavy atom. The van der Waals surface area contributed by atoms with E-state index in [0.29, 0.717) is 34.8 Å². The Hall–Kier alpha value is -2.66. The van der Waals surface area contributed by atoms with Gasteiger partial charge in [0.1, 0.15) is 10.7 Å². The number of fused-ring (bicyclic) bond motifs is 1. The number of ether oxygens (including phenoxy) is 2. The van der Waals surface area contributed by atoms with E-state index in [-0.39, 0.29) is 28.2 Å². The van der Waals surface area contributed by atoms with Crippen molar-refractivity contribution in [3.05, 3.63) is 50.4 Å². The number of rotatable bonds is 10. The van der Waals surface area contributed by atoms with Crippen LogP contribution in [-0.2, 0) is 17.0 Å². The Labute approximate surface area is 197 Å². The van der Waals surface area contributed by atoms with E-state index in [9.17, 15) is 18.4 Å². The van der Waals surface area contributed by atoms with Crippen molar-refractivity contribution in [1.29, 1.82) is 0 Å². The van der Waals surface area contributed by atoms with Gasteiger partial charge in [-0.15, -0.1) is 23.1 Å². The van der Waals surface area contributed by atoms with Gasteiger partial charge in [0.25, 0.3) is 5.56 Å². The molecule has 33 heavy (non-hydrogen) atoms. The van der Waals surface area contributed by atoms with Gasteiger partial charge in [0.15, 0.2) is 11.5 Å². The molecule has 0 radical (unpaired) electrons. The monoisotopic (exact) mass is 497 g/mol. The average Bonchev–Trinajstić information content (AvgIpc) is 3.06. The number of amides is 1. The highest BCUT2D eigenvalue weighted by Gasteiger charge is 2.16. The number of thioether (sulfide) groups is 1. The number of thiophene rings is 1. The molecule has 1 amide bonds. The number of methoxy groups -OCH3 is 1. The molecular formula is C22H25F2N3O4S2. The number of aromatic nitrogens is 2. The summed E-state index contributed by atoms with van der Waals surface area (Å²) in [5.74, 6) is 0.964. The molecule has 2 aromatic heterocycles. The molecule has 3 rings (SSSR count). The van der Waals surface area contributed by atoms with Gasteiger partial charge in [0.05, 0.1) is 23.5 Å². The molecule has 2 N–H and O–H groups in total. The zero-order chi connectivity index (χ0) is 24.1. The van der Waals surface area contributed by atoms with E-state index in [4.69, 9.17) is 4.74 Å². The van der Waals surface area contributed by atoms with Crippen LogP contribution < -0.4 is 20.3 Å². The van der Waals surface area contributed by atoms with Crippen LogP contribution in [0.25, 0.3) is 10.2 Å². The molecule has 0 unspecified atom stereocenters. The predicted molar refractivity (Wildman–Crippen MR) is 127 cm³/mol. The molecule has 0 fully saturated rings. The van der Waals surface area contributed by atoms with E-state index in [2.05, 4.69) is 20.0 Å². The van der Waals surface area contributed by atoms with Gasteiger partial charge in [-0.3, -0.25) is 9.59 Å². The van der Waals surface area contributed by atoms with Crippen LogP contribution >= 0.6 is 23.1 Å². The molecule has 1 atom stereocenters. The number of hydrogen-bond acceptors (Lipinski definition) is 7. The lowest BCUT2D eigenvalue weighted by atomic mass is 10.1. The minimum absolute atomic E-state index is 0.0389. The van der Waals surface area contributed by atoms with Crippen molar-refractivity contribution >= 4 is 39.2 Å². The summed E-state index contributed by atoms with van der Waals surface area (Å²) < 4.78 is 34.4. The van der Waals surface area contributed by atoms with Gasteiger partial charge in [-0.05, 0) is 50.5 Å². The highest BCUT2D eigenvalue weighted by atomic mass is 32.2. The van der Waals surface area contributed by atoms with Gasteiger partial charge in [-0.25, -0.2) is 4.98 Å². The van der Waals surface area contributed by atoms with Crippen LogP contribution in [0.3, 0.4) is 0 Å². The van der Waals surface area contributed by atoms with E-state index < -0.39 is 6.61 Å². The van der Waals surface area contributed by atoms with Crippen LogP contribution in [-0.4, -0.2) is 41.4 Å². The number of hydrogen-bond donors (Lipinski definition) is 2. The maximum atomic E-state index is 12.4. The van der Waals surface area contributed by atoms with Crippen LogP contribution in [0.5, 0.6) is 11.5 Å². The second-order valence-corrected chi connectivity index (χ2v) is 9.87. The highest BCUT2D eigenvalue weighted by molar-refractivity contribution is 7.99. The zero-order valence-electron chi connectivity index (χ0n) is 18.7. The zero-order valence-corrected chi connectivity index (χ0v) is 20.3. The summed E-state index contributed by atoms with van der Waals surface area (Å²) in [5, 5.41) is 3.14. The first-order chi connectivity index (χ1) is 15.7. The lowest BCUT2D eigenvalue weighted by molar-refractivity contribution is -0.120. The van der Waals surface area contributed by atoms with Crippen molar-refractivity contribution in [2.45, 2.75) is 44.8 Å². The van der Waals surface area contributed by atoms with E-state index in [1.165, 1.54) is 36.3 Å². The lowest BCUT2D eigenvalue weighted by Crippen LogP contribution is -2.32. The van der Waals surface area contributed by atoms with Crippen molar-refractivity contribution in [2.24, 2.45) is 0 Å². The van der Waals surface area contributed by atoms with Crippen LogP contribution in [0.2, 0.25) is 0 Å². The minimum Gasteiger partial charge on any atom is -0.493 e. The standard InChI is InChI=1S/C22H25F2N3O4S2/c1-11-12(2)33-21-18(11)20(29)26-17(27-21)10-32-13(3)19(28)25-8-7-14-5-6-15(31-22(23)24)16(9-14)30-4/h5-6,9,13,22H,7-8,10H2,1-4H3,(H,25,28)(H,26,27,29)/t13-/m1/s1. The molecule has 1 aromatic carbocycles. The van der Waals surface area contributed by atoms with Crippen molar-refractivity contribution < 1.29 is 23.0 Å². The van der Waals surface area contributed by atoms with E-state index in [1.54, 1.807) is 19.1 Å². The first-order valence-corrected chi connectivity index (χ1v) is 12.1. The SMILES string of the molecule is COc1cc(CCNC(=O)[C@@H](C)SCc2nc3sc(C)c(C)c3c(=O)[nH]2)ccc1OC(F)F. The largest absolute Gasteiger partial charge is 0.493 e. The van der Waals surface area contributed by atoms with Gasteiger partial charge in [-0.2, -0.15) is 8.78 Å². The van der Waals surface area contributed by atoms with Crippen molar-refractivity contribution in [2.75, 3.05) is 13.7 Å². The molecule has 0 saturated heterocycles. The third kappa shape index (κ3) is 6.23. The summed E-state index contributed by atoms with van der Waals surface area (Å²) in [4.78, 5) is 33.9. The Balaban J connectivity index is 1.51. The molecular weight excluding hydrogens is 472 g/mol. The topological polar surface area (TPSA) is 93.3 Å². The lowest BCUT2D eigenvalue weighted by Gasteiger charge is -2.13. The number of benzene rings is 1. The normalized spacial score (nSPS) is 12.2. The third-order valence-corrected chi connectivity index (χ3v) is 7.34. The molecule has 0 aliphatic heterocycles. The van der Waals surface area contributed by atoms with Crippen molar-refractivity contribution in [1.82, 2.24) is 15.3 Å². The number of aryl methyl sites for hydroxylation is 2. The maximum absolute atomic E-state index is 12.4. The fourth-order valence-electron chi connectivity index (χ4n) is 3.18. The van der Waals surface area contributed by atoms with E-state index in [1.807, 2.05) is 13.8 Å². The Bertz CT molecular complexity index is 1200. The van der Waals surface area contributed by atoms with Gasteiger partial charge in [-0.1, -0.05) is 6.07 Å². The molecule has 11 heteroatoms. The molecule has 0 aliphatic rings. The Morgan fingerprint density at radius 1 is 1.30 bits per heavy atom. The predicted octanol–water partition coefficient (Wildman–Crippen LogP) is 4.19. The molecule has 2 heterocycles. The number of nitrogens with one attached hydrogen (secondary N) is 2. The fourth-order valence-corrected chi connectivity index (χ4v) is 5.01. The molecule has 3 aromatic rings. The Kier molecular flexibility index (Phi) is 8.30. The van der Waals surface area contributed by atoms with Crippen LogP contribution in [0.15, 0.2) is 23.0 Å². The summed E-state index contributed by atoms with van der Waals surface area (Å²) in [6.07, 6.45) is 0.497. The van der Waals surface area contributed by atoms with Gasteiger partial charge in [0, 0.05) is 11.4 Å². The summed E-state index contributed by atoms with van der Waals surface area (Å²) >= 11 is 2.87. The number of nitrogens with zero attached hydrogens (tertiary/aromatic N) is 1. The quantitative estimate of drug-likeness (QED) is 0.436. The molecule has 0 spiro atoms.